The molecular weight excluding hydrogens is 285 g/mol. The fraction of sp³-hybridized carbons (Fsp3) is 0.684. The first-order chi connectivity index (χ1) is 10.2. The number of hydrogen-bond acceptors (Lipinski definition) is 0. The molecule has 0 N–H and O–H groups in total. The largest absolute Gasteiger partial charge is 0.211 e. The average Bonchev–Trinajstić information content (AvgIpc) is 2.65. The molecule has 3 heteroatoms. The van der Waals surface area contributed by atoms with Crippen LogP contribution in [0, 0.1) is 10.8 Å². The Kier molecular flexibility index (Phi) is 6.11. The van der Waals surface area contributed by atoms with E-state index in [2.05, 4.69) is 0 Å². The summed E-state index contributed by atoms with van der Waals surface area (Å²) in [6.45, 7) is 11.5. The number of hydrogen-bond donors (Lipinski definition) is 0. The molecule has 0 atom stereocenters. The highest BCUT2D eigenvalue weighted by molar-refractivity contribution is 5.45. The van der Waals surface area contributed by atoms with Crippen LogP contribution in [0.25, 0.3) is 0 Å². The van der Waals surface area contributed by atoms with Gasteiger partial charge in [-0.05, 0) is 53.7 Å². The monoisotopic (exact) mass is 314 g/mol. The van der Waals surface area contributed by atoms with Crippen molar-refractivity contribution in [2.24, 2.45) is 10.8 Å². The van der Waals surface area contributed by atoms with Gasteiger partial charge in [0.2, 0.25) is 0 Å². The molecule has 0 spiro atoms. The minimum Gasteiger partial charge on any atom is -0.211 e. The zero-order chi connectivity index (χ0) is 17.1. The number of rotatable bonds is 6. The highest BCUT2D eigenvalue weighted by atomic mass is 19.2. The average molecular weight is 314 g/mol. The maximum atomic E-state index is 14.8. The van der Waals surface area contributed by atoms with Gasteiger partial charge in [-0.3, -0.25) is 0 Å². The van der Waals surface area contributed by atoms with Crippen LogP contribution in [0.1, 0.15) is 73.6 Å². The molecule has 0 aromatic carbocycles. The van der Waals surface area contributed by atoms with Crippen LogP contribution < -0.4 is 0 Å². The van der Waals surface area contributed by atoms with Crippen molar-refractivity contribution in [3.8, 4) is 0 Å². The van der Waals surface area contributed by atoms with Crippen molar-refractivity contribution >= 4 is 0 Å². The quantitative estimate of drug-likeness (QED) is 0.481. The second kappa shape index (κ2) is 7.06. The molecule has 0 amide bonds. The molecule has 0 aromatic heterocycles. The van der Waals surface area contributed by atoms with E-state index in [-0.39, 0.29) is 17.6 Å². The second-order valence-electron chi connectivity index (χ2n) is 6.82. The SMILES string of the molecule is CCC(C)(CC)C1=C(F)C(F)=C(C(C)(CC)CC)CC(F)=C1. The van der Waals surface area contributed by atoms with E-state index in [0.717, 1.165) is 0 Å². The van der Waals surface area contributed by atoms with E-state index in [1.54, 1.807) is 0 Å². The molecular formula is C19H29F3. The summed E-state index contributed by atoms with van der Waals surface area (Å²) in [6, 6.07) is 0. The van der Waals surface area contributed by atoms with Gasteiger partial charge in [0.05, 0.1) is 0 Å². The summed E-state index contributed by atoms with van der Waals surface area (Å²) in [5.41, 5.74) is -0.648. The van der Waals surface area contributed by atoms with Gasteiger partial charge in [-0.1, -0.05) is 41.5 Å². The van der Waals surface area contributed by atoms with Gasteiger partial charge < -0.3 is 0 Å². The van der Waals surface area contributed by atoms with Crippen LogP contribution in [0.15, 0.2) is 34.7 Å². The molecule has 0 radical (unpaired) electrons. The zero-order valence-electron chi connectivity index (χ0n) is 14.7. The van der Waals surface area contributed by atoms with Crippen LogP contribution in [0.2, 0.25) is 0 Å². The maximum absolute atomic E-state index is 14.8. The first kappa shape index (κ1) is 19.1. The van der Waals surface area contributed by atoms with Crippen LogP contribution in [-0.4, -0.2) is 0 Å². The summed E-state index contributed by atoms with van der Waals surface area (Å²) in [4.78, 5) is 0. The standard InChI is InChI=1S/C19H29F3/c1-7-18(5,8-2)14-11-13(20)12-15(17(22)16(14)21)19(6,9-3)10-4/h11H,7-10,12H2,1-6H3. The van der Waals surface area contributed by atoms with Crippen LogP contribution in [0.3, 0.4) is 0 Å². The minimum absolute atomic E-state index is 0.134. The Balaban J connectivity index is 3.59. The third-order valence-corrected chi connectivity index (χ3v) is 5.84. The molecule has 0 fully saturated rings. The van der Waals surface area contributed by atoms with E-state index in [0.29, 0.717) is 25.7 Å². The predicted octanol–water partition coefficient (Wildman–Crippen LogP) is 7.34. The summed E-state index contributed by atoms with van der Waals surface area (Å²) < 4.78 is 44.0. The molecule has 0 saturated heterocycles. The van der Waals surface area contributed by atoms with Crippen LogP contribution in [0.5, 0.6) is 0 Å². The molecule has 0 unspecified atom stereocenters. The van der Waals surface area contributed by atoms with E-state index in [9.17, 15) is 13.2 Å². The second-order valence-corrected chi connectivity index (χ2v) is 6.82. The first-order valence-electron chi connectivity index (χ1n) is 8.34. The van der Waals surface area contributed by atoms with Crippen molar-refractivity contribution in [2.75, 3.05) is 0 Å². The topological polar surface area (TPSA) is 0 Å². The molecule has 0 nitrogen and oxygen atoms in total. The van der Waals surface area contributed by atoms with Crippen LogP contribution in [-0.2, 0) is 0 Å². The van der Waals surface area contributed by atoms with Crippen LogP contribution in [0.4, 0.5) is 13.2 Å². The summed E-state index contributed by atoms with van der Waals surface area (Å²) >= 11 is 0. The molecule has 22 heavy (non-hydrogen) atoms. The lowest BCUT2D eigenvalue weighted by atomic mass is 9.75. The molecule has 1 aliphatic carbocycles. The number of halogens is 3. The van der Waals surface area contributed by atoms with Crippen molar-refractivity contribution in [1.82, 2.24) is 0 Å². The van der Waals surface area contributed by atoms with E-state index in [1.165, 1.54) is 6.08 Å². The van der Waals surface area contributed by atoms with E-state index in [1.807, 2.05) is 41.5 Å². The third-order valence-electron chi connectivity index (χ3n) is 5.84. The fourth-order valence-electron chi connectivity index (χ4n) is 2.99. The van der Waals surface area contributed by atoms with Gasteiger partial charge >= 0.3 is 0 Å². The molecule has 1 rings (SSSR count). The minimum atomic E-state index is -0.873. The Morgan fingerprint density at radius 3 is 1.68 bits per heavy atom. The molecule has 0 bridgehead atoms. The Morgan fingerprint density at radius 2 is 1.27 bits per heavy atom. The van der Waals surface area contributed by atoms with Gasteiger partial charge in [-0.25, -0.2) is 13.2 Å². The smallest absolute Gasteiger partial charge is 0.162 e. The molecule has 0 aliphatic heterocycles. The van der Waals surface area contributed by atoms with Gasteiger partial charge in [0, 0.05) is 6.42 Å². The number of allylic oxidation sites excluding steroid dienone is 6. The van der Waals surface area contributed by atoms with Crippen molar-refractivity contribution in [1.29, 1.82) is 0 Å². The lowest BCUT2D eigenvalue weighted by Crippen LogP contribution is -2.19. The lowest BCUT2D eigenvalue weighted by molar-refractivity contribution is 0.335. The Hall–Kier alpha value is -0.990. The summed E-state index contributed by atoms with van der Waals surface area (Å²) in [5.74, 6) is -2.17. The Bertz CT molecular complexity index is 501. The summed E-state index contributed by atoms with van der Waals surface area (Å²) in [6.07, 6.45) is 3.67. The summed E-state index contributed by atoms with van der Waals surface area (Å²) in [7, 11) is 0. The molecule has 0 aromatic rings. The molecule has 1 aliphatic rings. The molecule has 126 valence electrons. The first-order valence-corrected chi connectivity index (χ1v) is 8.34. The Morgan fingerprint density at radius 1 is 0.818 bits per heavy atom. The van der Waals surface area contributed by atoms with E-state index in [4.69, 9.17) is 0 Å². The van der Waals surface area contributed by atoms with Gasteiger partial charge in [-0.15, -0.1) is 0 Å². The van der Waals surface area contributed by atoms with E-state index >= 15 is 0 Å². The van der Waals surface area contributed by atoms with Crippen molar-refractivity contribution in [2.45, 2.75) is 73.6 Å². The molecule has 0 saturated carbocycles. The van der Waals surface area contributed by atoms with Gasteiger partial charge in [0.25, 0.3) is 0 Å². The molecule has 0 heterocycles. The van der Waals surface area contributed by atoms with Gasteiger partial charge in [-0.2, -0.15) is 0 Å². The maximum Gasteiger partial charge on any atom is 0.162 e. The van der Waals surface area contributed by atoms with Gasteiger partial charge in [0.1, 0.15) is 5.83 Å². The summed E-state index contributed by atoms with van der Waals surface area (Å²) in [5, 5.41) is 0. The van der Waals surface area contributed by atoms with Crippen molar-refractivity contribution in [3.63, 3.8) is 0 Å². The van der Waals surface area contributed by atoms with Crippen LogP contribution >= 0.6 is 0 Å². The third kappa shape index (κ3) is 3.33. The van der Waals surface area contributed by atoms with Crippen molar-refractivity contribution < 1.29 is 13.2 Å². The van der Waals surface area contributed by atoms with Gasteiger partial charge in [0.15, 0.2) is 11.7 Å². The predicted molar refractivity (Wildman–Crippen MR) is 87.5 cm³/mol. The van der Waals surface area contributed by atoms with E-state index < -0.39 is 28.3 Å². The highest BCUT2D eigenvalue weighted by Gasteiger charge is 2.36. The zero-order valence-corrected chi connectivity index (χ0v) is 14.7. The van der Waals surface area contributed by atoms with Crippen molar-refractivity contribution in [3.05, 3.63) is 34.7 Å². The highest BCUT2D eigenvalue weighted by Crippen LogP contribution is 2.48. The normalized spacial score (nSPS) is 17.8. The Labute approximate surface area is 133 Å². The fourth-order valence-corrected chi connectivity index (χ4v) is 2.99. The lowest BCUT2D eigenvalue weighted by Gasteiger charge is -2.30.